The van der Waals surface area contributed by atoms with E-state index in [0.717, 1.165) is 5.56 Å². The van der Waals surface area contributed by atoms with Gasteiger partial charge in [0.2, 0.25) is 11.8 Å². The van der Waals surface area contributed by atoms with Crippen molar-refractivity contribution in [2.75, 3.05) is 11.1 Å². The van der Waals surface area contributed by atoms with E-state index in [-0.39, 0.29) is 12.4 Å². The fourth-order valence-electron chi connectivity index (χ4n) is 3.51. The Hall–Kier alpha value is -5.53. The molecule has 0 bridgehead atoms. The van der Waals surface area contributed by atoms with Crippen molar-refractivity contribution >= 4 is 35.7 Å². The van der Waals surface area contributed by atoms with Crippen LogP contribution in [0.15, 0.2) is 60.7 Å². The molecule has 14 heteroatoms. The highest BCUT2D eigenvalue weighted by molar-refractivity contribution is 5.89. The molecule has 240 valence electrons. The molecule has 0 aliphatic carbocycles. The number of alkyl carbamates (subject to hydrolysis) is 2. The number of amides is 4. The quantitative estimate of drug-likeness (QED) is 0.218. The topological polar surface area (TPSA) is 189 Å². The van der Waals surface area contributed by atoms with Crippen molar-refractivity contribution in [2.24, 2.45) is 0 Å². The van der Waals surface area contributed by atoms with E-state index in [2.05, 4.69) is 10.3 Å². The summed E-state index contributed by atoms with van der Waals surface area (Å²) < 4.78 is 26.1. The first-order valence-corrected chi connectivity index (χ1v) is 13.8. The number of nitrogens with two attached hydrogens (primary N) is 1. The zero-order valence-electron chi connectivity index (χ0n) is 25.9. The average Bonchev–Trinajstić information content (AvgIpc) is 2.89. The minimum atomic E-state index is -1.22. The second-order valence-electron chi connectivity index (χ2n) is 11.5. The summed E-state index contributed by atoms with van der Waals surface area (Å²) in [5, 5.41) is 7.09. The molecule has 0 aliphatic rings. The maximum atomic E-state index is 12.3. The molecule has 3 rings (SSSR count). The van der Waals surface area contributed by atoms with Gasteiger partial charge in [-0.2, -0.15) is 4.98 Å². The number of benzene rings is 2. The molecule has 1 heterocycles. The summed E-state index contributed by atoms with van der Waals surface area (Å²) >= 11 is 0. The molecular formula is C31H37N5O9. The SMILES string of the molecule is CC(C)(C)OC(=O)NC(=O)Oc1cc(OCc2cccc(NCc3ccccc3)c2N)cc(OC(=O)NC(=O)OC(C)(C)C)n1. The average molecular weight is 624 g/mol. The summed E-state index contributed by atoms with van der Waals surface area (Å²) in [7, 11) is 0. The molecule has 0 saturated heterocycles. The first kappa shape index (κ1) is 34.0. The lowest BCUT2D eigenvalue weighted by atomic mass is 10.1. The molecule has 0 aliphatic heterocycles. The van der Waals surface area contributed by atoms with Gasteiger partial charge in [-0.15, -0.1) is 0 Å². The number of imide groups is 2. The minimum absolute atomic E-state index is 0.0379. The van der Waals surface area contributed by atoms with Crippen LogP contribution in [-0.4, -0.2) is 40.6 Å². The van der Waals surface area contributed by atoms with Crippen LogP contribution in [-0.2, 0) is 22.6 Å². The van der Waals surface area contributed by atoms with Gasteiger partial charge in [-0.3, -0.25) is 0 Å². The van der Waals surface area contributed by atoms with Gasteiger partial charge >= 0.3 is 24.4 Å². The van der Waals surface area contributed by atoms with Gasteiger partial charge in [0.05, 0.1) is 11.4 Å². The molecule has 4 amide bonds. The predicted octanol–water partition coefficient (Wildman–Crippen LogP) is 5.90. The highest BCUT2D eigenvalue weighted by atomic mass is 16.6. The Morgan fingerprint density at radius 2 is 1.27 bits per heavy atom. The van der Waals surface area contributed by atoms with Crippen molar-refractivity contribution in [3.8, 4) is 17.5 Å². The second-order valence-corrected chi connectivity index (χ2v) is 11.5. The summed E-state index contributed by atoms with van der Waals surface area (Å²) in [4.78, 5) is 52.5. The number of hydrogen-bond acceptors (Lipinski definition) is 12. The normalized spacial score (nSPS) is 11.1. The Bertz CT molecular complexity index is 1450. The monoisotopic (exact) mass is 623 g/mol. The molecular weight excluding hydrogens is 586 g/mol. The number of para-hydroxylation sites is 1. The fourth-order valence-corrected chi connectivity index (χ4v) is 3.51. The van der Waals surface area contributed by atoms with Crippen LogP contribution in [0, 0.1) is 0 Å². The van der Waals surface area contributed by atoms with Gasteiger partial charge in [0.1, 0.15) is 23.6 Å². The Morgan fingerprint density at radius 3 is 1.78 bits per heavy atom. The zero-order valence-corrected chi connectivity index (χ0v) is 25.9. The van der Waals surface area contributed by atoms with E-state index < -0.39 is 47.3 Å². The van der Waals surface area contributed by atoms with Crippen LogP contribution in [0.2, 0.25) is 0 Å². The summed E-state index contributed by atoms with van der Waals surface area (Å²) in [6.07, 6.45) is -4.55. The lowest BCUT2D eigenvalue weighted by Crippen LogP contribution is -2.38. The van der Waals surface area contributed by atoms with E-state index in [1.807, 2.05) is 47.0 Å². The van der Waals surface area contributed by atoms with Crippen LogP contribution < -0.4 is 35.9 Å². The predicted molar refractivity (Wildman–Crippen MR) is 164 cm³/mol. The molecule has 3 aromatic rings. The van der Waals surface area contributed by atoms with Gasteiger partial charge in [0.25, 0.3) is 0 Å². The highest BCUT2D eigenvalue weighted by Crippen LogP contribution is 2.28. The van der Waals surface area contributed by atoms with Crippen molar-refractivity contribution in [1.29, 1.82) is 0 Å². The molecule has 0 atom stereocenters. The van der Waals surface area contributed by atoms with E-state index in [9.17, 15) is 19.2 Å². The summed E-state index contributed by atoms with van der Waals surface area (Å²) in [6.45, 7) is 10.2. The van der Waals surface area contributed by atoms with Crippen LogP contribution in [0.5, 0.6) is 17.5 Å². The van der Waals surface area contributed by atoms with E-state index in [4.69, 9.17) is 29.4 Å². The van der Waals surface area contributed by atoms with Crippen molar-refractivity contribution < 1.29 is 42.9 Å². The van der Waals surface area contributed by atoms with E-state index in [1.54, 1.807) is 53.7 Å². The number of nitrogen functional groups attached to an aromatic ring is 1. The van der Waals surface area contributed by atoms with E-state index in [1.165, 1.54) is 12.1 Å². The smallest absolute Gasteiger partial charge is 0.423 e. The van der Waals surface area contributed by atoms with Gasteiger partial charge in [0, 0.05) is 24.2 Å². The Kier molecular flexibility index (Phi) is 11.1. The van der Waals surface area contributed by atoms with Crippen LogP contribution in [0.4, 0.5) is 30.6 Å². The van der Waals surface area contributed by atoms with Crippen molar-refractivity contribution in [3.05, 3.63) is 71.8 Å². The third-order valence-corrected chi connectivity index (χ3v) is 5.27. The van der Waals surface area contributed by atoms with Gasteiger partial charge in [-0.25, -0.2) is 29.8 Å². The molecule has 0 saturated carbocycles. The number of carbonyl (C=O) groups is 4. The first-order chi connectivity index (χ1) is 21.1. The molecule has 0 radical (unpaired) electrons. The lowest BCUT2D eigenvalue weighted by molar-refractivity contribution is 0.0519. The number of ether oxygens (including phenoxy) is 5. The number of pyridine rings is 1. The number of carbonyl (C=O) groups excluding carboxylic acids is 4. The third kappa shape index (κ3) is 12.3. The molecule has 5 N–H and O–H groups in total. The standard InChI is InChI=1S/C31H37N5O9/c1-30(2,3)44-28(39)35-26(37)42-23-15-21(16-24(34-23)43-27(38)36-29(40)45-31(4,5)6)41-18-20-13-10-14-22(25(20)32)33-17-19-11-8-7-9-12-19/h7-16,33H,17-18,32H2,1-6H3,(H,35,37,39)(H,36,38,40). The number of anilines is 2. The molecule has 45 heavy (non-hydrogen) atoms. The molecule has 1 aromatic heterocycles. The van der Waals surface area contributed by atoms with Gasteiger partial charge in [0.15, 0.2) is 0 Å². The van der Waals surface area contributed by atoms with Crippen molar-refractivity contribution in [3.63, 3.8) is 0 Å². The molecule has 0 unspecified atom stereocenters. The van der Waals surface area contributed by atoms with Gasteiger partial charge in [-0.1, -0.05) is 42.5 Å². The lowest BCUT2D eigenvalue weighted by Gasteiger charge is -2.19. The first-order valence-electron chi connectivity index (χ1n) is 13.8. The number of nitrogens with zero attached hydrogens (tertiary/aromatic N) is 1. The fraction of sp³-hybridized carbons (Fsp3) is 0.323. The third-order valence-electron chi connectivity index (χ3n) is 5.27. The molecule has 14 nitrogen and oxygen atoms in total. The Morgan fingerprint density at radius 1 is 0.733 bits per heavy atom. The largest absolute Gasteiger partial charge is 0.488 e. The maximum Gasteiger partial charge on any atom is 0.423 e. The van der Waals surface area contributed by atoms with Crippen LogP contribution >= 0.6 is 0 Å². The van der Waals surface area contributed by atoms with E-state index >= 15 is 0 Å². The number of hydrogen-bond donors (Lipinski definition) is 4. The molecule has 2 aromatic carbocycles. The van der Waals surface area contributed by atoms with Crippen LogP contribution in [0.3, 0.4) is 0 Å². The maximum absolute atomic E-state index is 12.3. The summed E-state index contributed by atoms with van der Waals surface area (Å²) in [5.74, 6) is -0.757. The number of nitrogens with one attached hydrogen (secondary N) is 3. The summed E-state index contributed by atoms with van der Waals surface area (Å²) in [6, 6.07) is 17.6. The Labute approximate surface area is 260 Å². The van der Waals surface area contributed by atoms with Crippen molar-refractivity contribution in [1.82, 2.24) is 15.6 Å². The Balaban J connectivity index is 1.76. The minimum Gasteiger partial charge on any atom is -0.488 e. The molecule has 0 fully saturated rings. The summed E-state index contributed by atoms with van der Waals surface area (Å²) in [5.41, 5.74) is 7.49. The van der Waals surface area contributed by atoms with Crippen LogP contribution in [0.1, 0.15) is 52.7 Å². The zero-order chi connectivity index (χ0) is 33.2. The number of aromatic nitrogens is 1. The molecule has 0 spiro atoms. The van der Waals surface area contributed by atoms with Crippen LogP contribution in [0.25, 0.3) is 0 Å². The second kappa shape index (κ2) is 14.8. The number of rotatable bonds is 8. The van der Waals surface area contributed by atoms with E-state index in [0.29, 0.717) is 23.5 Å². The highest BCUT2D eigenvalue weighted by Gasteiger charge is 2.22. The van der Waals surface area contributed by atoms with Gasteiger partial charge < -0.3 is 34.7 Å². The van der Waals surface area contributed by atoms with Gasteiger partial charge in [-0.05, 0) is 53.2 Å². The van der Waals surface area contributed by atoms with Crippen molar-refractivity contribution in [2.45, 2.75) is 65.9 Å².